The van der Waals surface area contributed by atoms with Crippen LogP contribution in [0, 0.1) is 0 Å². The Morgan fingerprint density at radius 1 is 0.750 bits per heavy atom. The highest BCUT2D eigenvalue weighted by atomic mass is 33.1. The minimum atomic E-state index is -0.706. The molecule has 0 fully saturated rings. The standard InChI is InChI=1S/C14H12N2O6S2/c17-13(15-19)9-5-1-3-7-11(9)21-23-24-22-12-8-4-2-6-10(12)14(18)16-20/h1-8,19-20H,(H,15,17)(H,16,18). The van der Waals surface area contributed by atoms with Crippen LogP contribution in [0.1, 0.15) is 20.7 Å². The van der Waals surface area contributed by atoms with Gasteiger partial charge in [0.05, 0.1) is 11.1 Å². The van der Waals surface area contributed by atoms with Gasteiger partial charge in [-0.1, -0.05) is 24.3 Å². The van der Waals surface area contributed by atoms with Gasteiger partial charge in [0.1, 0.15) is 0 Å². The van der Waals surface area contributed by atoms with Gasteiger partial charge >= 0.3 is 0 Å². The Hall–Kier alpha value is -2.40. The molecule has 2 rings (SSSR count). The largest absolute Gasteiger partial charge is 0.411 e. The van der Waals surface area contributed by atoms with E-state index < -0.39 is 11.8 Å². The first-order chi connectivity index (χ1) is 11.7. The molecule has 0 unspecified atom stereocenters. The quantitative estimate of drug-likeness (QED) is 0.194. The van der Waals surface area contributed by atoms with Crippen molar-refractivity contribution in [2.24, 2.45) is 0 Å². The minimum absolute atomic E-state index is 0.146. The predicted octanol–water partition coefficient (Wildman–Crippen LogP) is 2.59. The third-order valence-corrected chi connectivity index (χ3v) is 3.87. The van der Waals surface area contributed by atoms with Crippen LogP contribution in [0.25, 0.3) is 0 Å². The van der Waals surface area contributed by atoms with Crippen molar-refractivity contribution in [3.05, 3.63) is 59.7 Å². The van der Waals surface area contributed by atoms with E-state index in [1.54, 1.807) is 36.4 Å². The molecule has 0 aliphatic rings. The maximum absolute atomic E-state index is 11.5. The second-order valence-electron chi connectivity index (χ2n) is 4.18. The molecule has 0 heterocycles. The number of carbonyl (C=O) groups excluding carboxylic acids is 2. The van der Waals surface area contributed by atoms with Crippen LogP contribution in [0.2, 0.25) is 0 Å². The summed E-state index contributed by atoms with van der Waals surface area (Å²) in [7, 11) is 0. The molecule has 2 amide bonds. The maximum atomic E-state index is 11.5. The highest BCUT2D eigenvalue weighted by Gasteiger charge is 2.14. The third kappa shape index (κ3) is 4.55. The van der Waals surface area contributed by atoms with Crippen molar-refractivity contribution in [2.45, 2.75) is 0 Å². The molecule has 0 saturated carbocycles. The molecule has 0 saturated heterocycles. The summed E-state index contributed by atoms with van der Waals surface area (Å²) in [6.07, 6.45) is 0. The van der Waals surface area contributed by atoms with Crippen LogP contribution in [0.15, 0.2) is 48.5 Å². The molecule has 2 aromatic carbocycles. The van der Waals surface area contributed by atoms with Crippen molar-refractivity contribution in [3.63, 3.8) is 0 Å². The van der Waals surface area contributed by atoms with Gasteiger partial charge in [-0.15, -0.1) is 0 Å². The smallest absolute Gasteiger partial charge is 0.278 e. The van der Waals surface area contributed by atoms with Crippen molar-refractivity contribution in [2.75, 3.05) is 0 Å². The number of para-hydroxylation sites is 2. The first-order valence-corrected chi connectivity index (χ1v) is 8.42. The summed E-state index contributed by atoms with van der Waals surface area (Å²) >= 11 is 1.62. The monoisotopic (exact) mass is 368 g/mol. The van der Waals surface area contributed by atoms with Crippen molar-refractivity contribution < 1.29 is 28.4 Å². The molecule has 126 valence electrons. The fourth-order valence-corrected chi connectivity index (χ4v) is 2.77. The molecule has 24 heavy (non-hydrogen) atoms. The number of nitrogens with one attached hydrogen (secondary N) is 2. The molecule has 2 aromatic rings. The minimum Gasteiger partial charge on any atom is -0.411 e. The fraction of sp³-hybridized carbons (Fsp3) is 0. The third-order valence-electron chi connectivity index (χ3n) is 2.74. The second kappa shape index (κ2) is 9.03. The van der Waals surface area contributed by atoms with E-state index in [1.165, 1.54) is 23.1 Å². The van der Waals surface area contributed by atoms with Crippen LogP contribution in [0.4, 0.5) is 0 Å². The lowest BCUT2D eigenvalue weighted by Crippen LogP contribution is -2.19. The molecule has 0 atom stereocenters. The molecule has 0 radical (unpaired) electrons. The Morgan fingerprint density at radius 2 is 1.12 bits per heavy atom. The molecule has 8 nitrogen and oxygen atoms in total. The van der Waals surface area contributed by atoms with Gasteiger partial charge in [-0.2, -0.15) is 0 Å². The van der Waals surface area contributed by atoms with E-state index in [1.807, 2.05) is 0 Å². The van der Waals surface area contributed by atoms with Crippen LogP contribution in [0.3, 0.4) is 0 Å². The van der Waals surface area contributed by atoms with Crippen LogP contribution < -0.4 is 19.3 Å². The van der Waals surface area contributed by atoms with Crippen LogP contribution in [0.5, 0.6) is 11.5 Å². The first-order valence-electron chi connectivity index (χ1n) is 6.42. The predicted molar refractivity (Wildman–Crippen MR) is 87.8 cm³/mol. The van der Waals surface area contributed by atoms with Gasteiger partial charge in [-0.3, -0.25) is 20.0 Å². The molecule has 0 aromatic heterocycles. The van der Waals surface area contributed by atoms with Gasteiger partial charge in [-0.25, -0.2) is 11.0 Å². The van der Waals surface area contributed by atoms with E-state index in [2.05, 4.69) is 0 Å². The zero-order valence-electron chi connectivity index (χ0n) is 12.0. The van der Waals surface area contributed by atoms with Gasteiger partial charge in [0.25, 0.3) is 11.8 Å². The second-order valence-corrected chi connectivity index (χ2v) is 5.60. The van der Waals surface area contributed by atoms with Gasteiger partial charge in [-0.05, 0) is 24.3 Å². The topological polar surface area (TPSA) is 117 Å². The van der Waals surface area contributed by atoms with E-state index in [4.69, 9.17) is 18.8 Å². The van der Waals surface area contributed by atoms with E-state index in [9.17, 15) is 9.59 Å². The molecular formula is C14H12N2O6S2. The Balaban J connectivity index is 1.95. The summed E-state index contributed by atoms with van der Waals surface area (Å²) in [6, 6.07) is 12.6. The van der Waals surface area contributed by atoms with E-state index in [0.29, 0.717) is 0 Å². The number of hydrogen-bond donors (Lipinski definition) is 4. The number of benzene rings is 2. The molecule has 10 heteroatoms. The van der Waals surface area contributed by atoms with Crippen LogP contribution in [-0.4, -0.2) is 22.2 Å². The number of carbonyl (C=O) groups is 2. The van der Waals surface area contributed by atoms with Crippen LogP contribution in [-0.2, 0) is 0 Å². The van der Waals surface area contributed by atoms with Gasteiger partial charge in [0.15, 0.2) is 33.6 Å². The Morgan fingerprint density at radius 3 is 1.50 bits per heavy atom. The first kappa shape index (κ1) is 17.9. The molecule has 0 bridgehead atoms. The van der Waals surface area contributed by atoms with Gasteiger partial charge < -0.3 is 8.37 Å². The normalized spacial score (nSPS) is 9.92. The fourth-order valence-electron chi connectivity index (χ4n) is 1.68. The molecule has 0 aliphatic carbocycles. The summed E-state index contributed by atoms with van der Waals surface area (Å²) < 4.78 is 10.7. The zero-order chi connectivity index (χ0) is 17.4. The van der Waals surface area contributed by atoms with Gasteiger partial charge in [0.2, 0.25) is 0 Å². The number of hydroxylamine groups is 2. The van der Waals surface area contributed by atoms with E-state index >= 15 is 0 Å². The summed E-state index contributed by atoms with van der Waals surface area (Å²) in [5.41, 5.74) is 3.35. The van der Waals surface area contributed by atoms with E-state index in [0.717, 1.165) is 22.1 Å². The lowest BCUT2D eigenvalue weighted by atomic mass is 10.2. The summed E-state index contributed by atoms with van der Waals surface area (Å²) in [5.74, 6) is -0.956. The lowest BCUT2D eigenvalue weighted by Gasteiger charge is -2.09. The Bertz CT molecular complexity index is 666. The maximum Gasteiger partial charge on any atom is 0.278 e. The number of rotatable bonds is 7. The molecule has 0 aliphatic heterocycles. The Labute approximate surface area is 144 Å². The average Bonchev–Trinajstić information content (AvgIpc) is 2.64. The summed E-state index contributed by atoms with van der Waals surface area (Å²) in [4.78, 5) is 23.0. The zero-order valence-corrected chi connectivity index (χ0v) is 13.6. The SMILES string of the molecule is O=C(NO)c1ccccc1OSSOc1ccccc1C(=O)NO. The number of amides is 2. The van der Waals surface area contributed by atoms with E-state index in [-0.39, 0.29) is 22.6 Å². The molecule has 4 N–H and O–H groups in total. The van der Waals surface area contributed by atoms with Crippen molar-refractivity contribution >= 4 is 34.0 Å². The Kier molecular flexibility index (Phi) is 6.75. The highest BCUT2D eigenvalue weighted by molar-refractivity contribution is 8.73. The average molecular weight is 368 g/mol. The van der Waals surface area contributed by atoms with Crippen molar-refractivity contribution in [3.8, 4) is 11.5 Å². The van der Waals surface area contributed by atoms with Crippen molar-refractivity contribution in [1.82, 2.24) is 11.0 Å². The summed E-state index contributed by atoms with van der Waals surface area (Å²) in [5, 5.41) is 17.4. The lowest BCUT2D eigenvalue weighted by molar-refractivity contribution is 0.0700. The van der Waals surface area contributed by atoms with Crippen LogP contribution >= 0.6 is 22.1 Å². The number of hydrogen-bond acceptors (Lipinski definition) is 8. The molecule has 0 spiro atoms. The van der Waals surface area contributed by atoms with Crippen molar-refractivity contribution in [1.29, 1.82) is 0 Å². The van der Waals surface area contributed by atoms with Gasteiger partial charge in [0, 0.05) is 0 Å². The highest BCUT2D eigenvalue weighted by Crippen LogP contribution is 2.32. The summed E-state index contributed by atoms with van der Waals surface area (Å²) in [6.45, 7) is 0. The molecular weight excluding hydrogens is 356 g/mol.